The van der Waals surface area contributed by atoms with Crippen molar-refractivity contribution >= 4 is 17.5 Å². The van der Waals surface area contributed by atoms with E-state index >= 15 is 0 Å². The van der Waals surface area contributed by atoms with E-state index in [2.05, 4.69) is 44.2 Å². The number of anilines is 1. The lowest BCUT2D eigenvalue weighted by atomic mass is 9.86. The zero-order valence-electron chi connectivity index (χ0n) is 20.3. The van der Waals surface area contributed by atoms with Crippen LogP contribution in [0.2, 0.25) is 0 Å². The van der Waals surface area contributed by atoms with Gasteiger partial charge in [-0.05, 0) is 49.7 Å². The number of likely N-dealkylation sites (N-methyl/N-ethyl adjacent to an activating group) is 1. The molecule has 0 saturated carbocycles. The molecule has 1 aliphatic heterocycles. The number of rotatable bonds is 5. The summed E-state index contributed by atoms with van der Waals surface area (Å²) < 4.78 is 2.16. The van der Waals surface area contributed by atoms with Crippen molar-refractivity contribution in [2.45, 2.75) is 46.3 Å². The molecule has 8 nitrogen and oxygen atoms in total. The first kappa shape index (κ1) is 23.8. The summed E-state index contributed by atoms with van der Waals surface area (Å²) in [5, 5.41) is 5.61. The van der Waals surface area contributed by atoms with Crippen LogP contribution in [0.4, 0.5) is 5.69 Å². The summed E-state index contributed by atoms with van der Waals surface area (Å²) in [6.45, 7) is 8.18. The Hall–Kier alpha value is -2.87. The van der Waals surface area contributed by atoms with Gasteiger partial charge in [-0.25, -0.2) is 4.98 Å². The van der Waals surface area contributed by atoms with Crippen LogP contribution in [0.5, 0.6) is 0 Å². The molecule has 0 radical (unpaired) electrons. The minimum absolute atomic E-state index is 0.215. The van der Waals surface area contributed by atoms with Gasteiger partial charge in [0.2, 0.25) is 5.91 Å². The van der Waals surface area contributed by atoms with Gasteiger partial charge in [-0.1, -0.05) is 20.8 Å². The van der Waals surface area contributed by atoms with Crippen LogP contribution in [0.3, 0.4) is 0 Å². The van der Waals surface area contributed by atoms with Gasteiger partial charge in [0.25, 0.3) is 5.91 Å². The third-order valence-corrected chi connectivity index (χ3v) is 5.92. The van der Waals surface area contributed by atoms with Crippen LogP contribution in [0.15, 0.2) is 24.3 Å². The van der Waals surface area contributed by atoms with Gasteiger partial charge in [0.05, 0.1) is 5.69 Å². The SMILES string of the molecule is CNC(=O)[C@@H](NC(=O)c1nc(-c2ccc(N(C)C)cc2)n2c1CN(C)CCC2)C(C)(C)C. The van der Waals surface area contributed by atoms with E-state index in [1.165, 1.54) is 0 Å². The number of hydrogen-bond acceptors (Lipinski definition) is 5. The van der Waals surface area contributed by atoms with Crippen LogP contribution in [0.1, 0.15) is 43.4 Å². The number of carbonyl (C=O) groups excluding carboxylic acids is 2. The molecule has 8 heteroatoms. The molecule has 2 N–H and O–H groups in total. The highest BCUT2D eigenvalue weighted by molar-refractivity contribution is 5.97. The number of imidazole rings is 1. The Balaban J connectivity index is 2.04. The molecule has 2 heterocycles. The Bertz CT molecular complexity index is 972. The quantitative estimate of drug-likeness (QED) is 0.746. The van der Waals surface area contributed by atoms with Gasteiger partial charge in [-0.15, -0.1) is 0 Å². The van der Waals surface area contributed by atoms with Crippen LogP contribution >= 0.6 is 0 Å². The third kappa shape index (κ3) is 4.96. The average molecular weight is 441 g/mol. The molecule has 0 fully saturated rings. The molecule has 0 saturated heterocycles. The van der Waals surface area contributed by atoms with E-state index in [0.717, 1.165) is 42.3 Å². The fourth-order valence-electron chi connectivity index (χ4n) is 4.05. The standard InChI is InChI=1S/C24H36N6O2/c1-24(2,3)20(23(32)25-4)27-22(31)19-18-15-29(7)13-8-14-30(18)21(26-19)16-9-11-17(12-10-16)28(5)6/h9-12,20H,8,13-15H2,1-7H3,(H,25,32)(H,27,31)/t20-/m1/s1. The van der Waals surface area contributed by atoms with Crippen molar-refractivity contribution in [3.63, 3.8) is 0 Å². The van der Waals surface area contributed by atoms with Crippen molar-refractivity contribution in [3.05, 3.63) is 35.7 Å². The van der Waals surface area contributed by atoms with Gasteiger partial charge in [0.1, 0.15) is 11.9 Å². The maximum Gasteiger partial charge on any atom is 0.272 e. The van der Waals surface area contributed by atoms with E-state index in [-0.39, 0.29) is 11.8 Å². The van der Waals surface area contributed by atoms with Crippen LogP contribution < -0.4 is 15.5 Å². The normalized spacial score (nSPS) is 15.5. The molecule has 1 aliphatic rings. The van der Waals surface area contributed by atoms with Gasteiger partial charge < -0.3 is 25.0 Å². The highest BCUT2D eigenvalue weighted by Gasteiger charge is 2.34. The maximum absolute atomic E-state index is 13.4. The monoisotopic (exact) mass is 440 g/mol. The summed E-state index contributed by atoms with van der Waals surface area (Å²) in [5.74, 6) is 0.259. The van der Waals surface area contributed by atoms with Crippen LogP contribution in [0.25, 0.3) is 11.4 Å². The largest absolute Gasteiger partial charge is 0.378 e. The molecular weight excluding hydrogens is 404 g/mol. The second-order valence-electron chi connectivity index (χ2n) is 9.80. The molecule has 3 rings (SSSR count). The van der Waals surface area contributed by atoms with Crippen molar-refractivity contribution in [2.75, 3.05) is 39.6 Å². The van der Waals surface area contributed by atoms with Gasteiger partial charge >= 0.3 is 0 Å². The molecule has 0 spiro atoms. The molecule has 0 bridgehead atoms. The molecule has 2 aromatic rings. The van der Waals surface area contributed by atoms with Crippen molar-refractivity contribution in [1.29, 1.82) is 0 Å². The van der Waals surface area contributed by atoms with E-state index in [9.17, 15) is 9.59 Å². The maximum atomic E-state index is 13.4. The average Bonchev–Trinajstić information content (AvgIpc) is 2.97. The lowest BCUT2D eigenvalue weighted by Crippen LogP contribution is -2.53. The number of nitrogens with one attached hydrogen (secondary N) is 2. The number of fused-ring (bicyclic) bond motifs is 1. The molecule has 0 aliphatic carbocycles. The first-order valence-corrected chi connectivity index (χ1v) is 11.1. The zero-order valence-corrected chi connectivity index (χ0v) is 20.3. The molecule has 1 aromatic heterocycles. The zero-order chi connectivity index (χ0) is 23.6. The minimum atomic E-state index is -0.663. The first-order chi connectivity index (χ1) is 15.0. The van der Waals surface area contributed by atoms with E-state index in [1.807, 2.05) is 47.0 Å². The number of hydrogen-bond donors (Lipinski definition) is 2. The molecule has 2 amide bonds. The number of aromatic nitrogens is 2. The topological polar surface area (TPSA) is 82.5 Å². The summed E-state index contributed by atoms with van der Waals surface area (Å²) >= 11 is 0. The molecule has 1 aromatic carbocycles. The fraction of sp³-hybridized carbons (Fsp3) is 0.542. The van der Waals surface area contributed by atoms with Crippen molar-refractivity contribution in [1.82, 2.24) is 25.1 Å². The van der Waals surface area contributed by atoms with Crippen molar-refractivity contribution in [3.8, 4) is 11.4 Å². The summed E-state index contributed by atoms with van der Waals surface area (Å²) in [6, 6.07) is 7.54. The number of nitrogens with zero attached hydrogens (tertiary/aromatic N) is 4. The minimum Gasteiger partial charge on any atom is -0.378 e. The molecule has 174 valence electrons. The van der Waals surface area contributed by atoms with E-state index in [0.29, 0.717) is 12.2 Å². The lowest BCUT2D eigenvalue weighted by Gasteiger charge is -2.29. The Morgan fingerprint density at radius 3 is 2.34 bits per heavy atom. The van der Waals surface area contributed by atoms with Gasteiger partial charge in [-0.3, -0.25) is 9.59 Å². The fourth-order valence-corrected chi connectivity index (χ4v) is 4.05. The Morgan fingerprint density at radius 2 is 1.78 bits per heavy atom. The lowest BCUT2D eigenvalue weighted by molar-refractivity contribution is -0.124. The number of amides is 2. The molecule has 0 unspecified atom stereocenters. The summed E-state index contributed by atoms with van der Waals surface area (Å²) in [6.07, 6.45) is 0.979. The van der Waals surface area contributed by atoms with Gasteiger partial charge in [0.15, 0.2) is 5.69 Å². The van der Waals surface area contributed by atoms with Gasteiger partial charge in [0, 0.05) is 45.5 Å². The van der Waals surface area contributed by atoms with E-state index < -0.39 is 11.5 Å². The molecule has 1 atom stereocenters. The Morgan fingerprint density at radius 1 is 1.12 bits per heavy atom. The first-order valence-electron chi connectivity index (χ1n) is 11.1. The summed E-state index contributed by atoms with van der Waals surface area (Å²) in [4.78, 5) is 34.9. The Kier molecular flexibility index (Phi) is 6.93. The van der Waals surface area contributed by atoms with Crippen LogP contribution in [0, 0.1) is 5.41 Å². The summed E-state index contributed by atoms with van der Waals surface area (Å²) in [5.41, 5.74) is 2.92. The number of carbonyl (C=O) groups is 2. The van der Waals surface area contributed by atoms with Crippen LogP contribution in [-0.2, 0) is 17.9 Å². The number of benzene rings is 1. The highest BCUT2D eigenvalue weighted by atomic mass is 16.2. The van der Waals surface area contributed by atoms with E-state index in [4.69, 9.17) is 4.98 Å². The van der Waals surface area contributed by atoms with Crippen molar-refractivity contribution < 1.29 is 9.59 Å². The summed E-state index contributed by atoms with van der Waals surface area (Å²) in [7, 11) is 7.65. The smallest absolute Gasteiger partial charge is 0.272 e. The van der Waals surface area contributed by atoms with Gasteiger partial charge in [-0.2, -0.15) is 0 Å². The second-order valence-corrected chi connectivity index (χ2v) is 9.80. The third-order valence-electron chi connectivity index (χ3n) is 5.92. The van der Waals surface area contributed by atoms with Crippen molar-refractivity contribution in [2.24, 2.45) is 5.41 Å². The molecule has 32 heavy (non-hydrogen) atoms. The van der Waals surface area contributed by atoms with Crippen LogP contribution in [-0.4, -0.2) is 67.0 Å². The van der Waals surface area contributed by atoms with E-state index in [1.54, 1.807) is 7.05 Å². The predicted molar refractivity (Wildman–Crippen MR) is 128 cm³/mol. The predicted octanol–water partition coefficient (Wildman–Crippen LogP) is 2.34. The Labute approximate surface area is 191 Å². The second kappa shape index (κ2) is 9.32. The molecular formula is C24H36N6O2. The highest BCUT2D eigenvalue weighted by Crippen LogP contribution is 2.28.